The molecular weight excluding hydrogens is 254 g/mol. The summed E-state index contributed by atoms with van der Waals surface area (Å²) < 4.78 is 0. The fourth-order valence-corrected chi connectivity index (χ4v) is 2.30. The molecule has 0 saturated carbocycles. The predicted octanol–water partition coefficient (Wildman–Crippen LogP) is 0.837. The van der Waals surface area contributed by atoms with Gasteiger partial charge in [-0.25, -0.2) is 0 Å². The molecule has 2 rings (SSSR count). The zero-order valence-corrected chi connectivity index (χ0v) is 10.7. The second-order valence-corrected chi connectivity index (χ2v) is 4.93. The molecule has 1 heterocycles. The molecule has 1 aromatic rings. The van der Waals surface area contributed by atoms with Crippen molar-refractivity contribution in [2.24, 2.45) is 0 Å². The molecule has 2 N–H and O–H groups in total. The Morgan fingerprint density at radius 3 is 2.50 bits per heavy atom. The molecule has 1 aliphatic rings. The van der Waals surface area contributed by atoms with Crippen LogP contribution in [0.15, 0.2) is 24.3 Å². The highest BCUT2D eigenvalue weighted by Gasteiger charge is 2.32. The van der Waals surface area contributed by atoms with E-state index in [9.17, 15) is 15.0 Å². The predicted molar refractivity (Wildman–Crippen MR) is 68.4 cm³/mol. The van der Waals surface area contributed by atoms with Gasteiger partial charge in [-0.2, -0.15) is 0 Å². The van der Waals surface area contributed by atoms with Crippen molar-refractivity contribution < 1.29 is 15.0 Å². The number of halogens is 1. The lowest BCUT2D eigenvalue weighted by Gasteiger charge is -2.15. The number of hydrogen-bond acceptors (Lipinski definition) is 3. The number of carbonyl (C=O) groups is 1. The molecule has 0 bridgehead atoms. The van der Waals surface area contributed by atoms with Gasteiger partial charge >= 0.3 is 0 Å². The summed E-state index contributed by atoms with van der Waals surface area (Å²) >= 11 is 6.01. The van der Waals surface area contributed by atoms with Crippen molar-refractivity contribution in [2.75, 3.05) is 13.1 Å². The number of aryl methyl sites for hydroxylation is 1. The van der Waals surface area contributed by atoms with Crippen molar-refractivity contribution in [3.8, 4) is 0 Å². The van der Waals surface area contributed by atoms with Crippen molar-refractivity contribution in [1.82, 2.24) is 4.90 Å². The molecular formula is C13H16ClNO3. The summed E-state index contributed by atoms with van der Waals surface area (Å²) in [5.41, 5.74) is 0.938. The number of likely N-dealkylation sites (tertiary alicyclic amines) is 1. The van der Waals surface area contributed by atoms with Crippen molar-refractivity contribution in [3.05, 3.63) is 34.9 Å². The first kappa shape index (κ1) is 13.3. The average molecular weight is 270 g/mol. The van der Waals surface area contributed by atoms with Crippen molar-refractivity contribution in [3.63, 3.8) is 0 Å². The van der Waals surface area contributed by atoms with Gasteiger partial charge in [-0.1, -0.05) is 29.8 Å². The van der Waals surface area contributed by atoms with E-state index in [1.54, 1.807) is 6.07 Å². The molecule has 98 valence electrons. The molecule has 2 atom stereocenters. The lowest BCUT2D eigenvalue weighted by molar-refractivity contribution is -0.130. The van der Waals surface area contributed by atoms with Gasteiger partial charge in [-0.05, 0) is 18.1 Å². The normalized spacial score (nSPS) is 23.4. The summed E-state index contributed by atoms with van der Waals surface area (Å²) in [6.45, 7) is 0.422. The molecule has 0 radical (unpaired) electrons. The maximum absolute atomic E-state index is 11.9. The van der Waals surface area contributed by atoms with Gasteiger partial charge in [0, 0.05) is 24.5 Å². The molecule has 5 heteroatoms. The van der Waals surface area contributed by atoms with Gasteiger partial charge in [-0.3, -0.25) is 4.79 Å². The van der Waals surface area contributed by atoms with Gasteiger partial charge in [0.2, 0.25) is 5.91 Å². The van der Waals surface area contributed by atoms with E-state index in [1.807, 2.05) is 18.2 Å². The third-order valence-electron chi connectivity index (χ3n) is 3.18. The van der Waals surface area contributed by atoms with Crippen molar-refractivity contribution in [1.29, 1.82) is 0 Å². The maximum Gasteiger partial charge on any atom is 0.223 e. The minimum absolute atomic E-state index is 0.0643. The number of aliphatic hydroxyl groups is 2. The fourth-order valence-electron chi connectivity index (χ4n) is 2.07. The van der Waals surface area contributed by atoms with Crippen LogP contribution in [0.1, 0.15) is 12.0 Å². The summed E-state index contributed by atoms with van der Waals surface area (Å²) in [5, 5.41) is 19.4. The average Bonchev–Trinajstić information content (AvgIpc) is 2.68. The molecule has 18 heavy (non-hydrogen) atoms. The van der Waals surface area contributed by atoms with Gasteiger partial charge < -0.3 is 15.1 Å². The summed E-state index contributed by atoms with van der Waals surface area (Å²) in [4.78, 5) is 13.4. The molecule has 1 fully saturated rings. The van der Waals surface area contributed by atoms with E-state index >= 15 is 0 Å². The highest BCUT2D eigenvalue weighted by Crippen LogP contribution is 2.18. The molecule has 1 aliphatic heterocycles. The van der Waals surface area contributed by atoms with E-state index in [-0.39, 0.29) is 19.0 Å². The molecule has 1 amide bonds. The van der Waals surface area contributed by atoms with Crippen LogP contribution in [0.4, 0.5) is 0 Å². The van der Waals surface area contributed by atoms with E-state index in [4.69, 9.17) is 11.6 Å². The summed E-state index contributed by atoms with van der Waals surface area (Å²) in [7, 11) is 0. The monoisotopic (exact) mass is 269 g/mol. The second kappa shape index (κ2) is 5.69. The Bertz CT molecular complexity index is 428. The number of amides is 1. The minimum atomic E-state index is -0.825. The Balaban J connectivity index is 1.88. The zero-order valence-electron chi connectivity index (χ0n) is 9.92. The Kier molecular flexibility index (Phi) is 4.22. The van der Waals surface area contributed by atoms with Crippen molar-refractivity contribution in [2.45, 2.75) is 25.0 Å². The maximum atomic E-state index is 11.9. The number of nitrogens with zero attached hydrogens (tertiary/aromatic N) is 1. The van der Waals surface area contributed by atoms with Crippen LogP contribution in [0.2, 0.25) is 5.02 Å². The third kappa shape index (κ3) is 3.02. The van der Waals surface area contributed by atoms with Gasteiger partial charge in [0.15, 0.2) is 0 Å². The van der Waals surface area contributed by atoms with Crippen LogP contribution in [0.3, 0.4) is 0 Å². The van der Waals surface area contributed by atoms with Gasteiger partial charge in [0.1, 0.15) is 0 Å². The Labute approximate surface area is 111 Å². The number of benzene rings is 1. The number of aliphatic hydroxyl groups excluding tert-OH is 2. The van der Waals surface area contributed by atoms with Crippen LogP contribution in [0.25, 0.3) is 0 Å². The minimum Gasteiger partial charge on any atom is -0.388 e. The van der Waals surface area contributed by atoms with Crippen LogP contribution in [-0.4, -0.2) is 46.3 Å². The Morgan fingerprint density at radius 1 is 1.28 bits per heavy atom. The van der Waals surface area contributed by atoms with E-state index in [0.717, 1.165) is 5.56 Å². The first-order valence-corrected chi connectivity index (χ1v) is 6.33. The Morgan fingerprint density at radius 2 is 1.89 bits per heavy atom. The molecule has 2 unspecified atom stereocenters. The lowest BCUT2D eigenvalue weighted by atomic mass is 10.1. The van der Waals surface area contributed by atoms with E-state index in [2.05, 4.69) is 0 Å². The second-order valence-electron chi connectivity index (χ2n) is 4.52. The first-order chi connectivity index (χ1) is 8.58. The van der Waals surface area contributed by atoms with Crippen LogP contribution in [-0.2, 0) is 11.2 Å². The topological polar surface area (TPSA) is 60.8 Å². The standard InChI is InChI=1S/C13H16ClNO3/c14-10-4-2-1-3-9(10)5-6-13(18)15-7-11(16)12(17)8-15/h1-4,11-12,16-17H,5-8H2. The smallest absolute Gasteiger partial charge is 0.223 e. The zero-order chi connectivity index (χ0) is 13.1. The number of carbonyl (C=O) groups excluding carboxylic acids is 1. The van der Waals surface area contributed by atoms with Crippen molar-refractivity contribution >= 4 is 17.5 Å². The Hall–Kier alpha value is -1.10. The summed E-state index contributed by atoms with van der Waals surface area (Å²) in [5.74, 6) is -0.0643. The highest BCUT2D eigenvalue weighted by atomic mass is 35.5. The largest absolute Gasteiger partial charge is 0.388 e. The number of rotatable bonds is 3. The van der Waals surface area contributed by atoms with E-state index in [0.29, 0.717) is 17.9 Å². The summed E-state index contributed by atoms with van der Waals surface area (Å²) in [6, 6.07) is 7.42. The molecule has 0 aromatic heterocycles. The lowest BCUT2D eigenvalue weighted by Crippen LogP contribution is -2.29. The van der Waals surface area contributed by atoms with Crippen LogP contribution >= 0.6 is 11.6 Å². The highest BCUT2D eigenvalue weighted by molar-refractivity contribution is 6.31. The molecule has 1 aromatic carbocycles. The fraction of sp³-hybridized carbons (Fsp3) is 0.462. The van der Waals surface area contributed by atoms with Crippen LogP contribution in [0, 0.1) is 0 Å². The van der Waals surface area contributed by atoms with Crippen LogP contribution < -0.4 is 0 Å². The molecule has 0 aliphatic carbocycles. The summed E-state index contributed by atoms with van der Waals surface area (Å²) in [6.07, 6.45) is -0.742. The third-order valence-corrected chi connectivity index (χ3v) is 3.55. The van der Waals surface area contributed by atoms with Gasteiger partial charge in [-0.15, -0.1) is 0 Å². The number of hydrogen-bond donors (Lipinski definition) is 2. The molecule has 1 saturated heterocycles. The quantitative estimate of drug-likeness (QED) is 0.855. The van der Waals surface area contributed by atoms with Crippen LogP contribution in [0.5, 0.6) is 0 Å². The van der Waals surface area contributed by atoms with E-state index in [1.165, 1.54) is 4.90 Å². The van der Waals surface area contributed by atoms with Gasteiger partial charge in [0.25, 0.3) is 0 Å². The first-order valence-electron chi connectivity index (χ1n) is 5.95. The van der Waals surface area contributed by atoms with Gasteiger partial charge in [0.05, 0.1) is 12.2 Å². The molecule has 4 nitrogen and oxygen atoms in total. The SMILES string of the molecule is O=C(CCc1ccccc1Cl)N1CC(O)C(O)C1. The van der Waals surface area contributed by atoms with E-state index < -0.39 is 12.2 Å². The number of β-amino-alcohol motifs (C(OH)–C–C–N with tert-alkyl or cyclic N) is 2. The molecule has 0 spiro atoms.